The quantitative estimate of drug-likeness (QED) is 0.653. The molecule has 0 unspecified atom stereocenters. The molecule has 6 nitrogen and oxygen atoms in total. The lowest BCUT2D eigenvalue weighted by Crippen LogP contribution is -2.45. The van der Waals surface area contributed by atoms with Crippen molar-refractivity contribution >= 4 is 23.5 Å². The van der Waals surface area contributed by atoms with E-state index in [1.807, 2.05) is 0 Å². The number of halogens is 3. The predicted molar refractivity (Wildman–Crippen MR) is 86.0 cm³/mol. The van der Waals surface area contributed by atoms with Gasteiger partial charge in [-0.1, -0.05) is 6.07 Å². The van der Waals surface area contributed by atoms with Crippen LogP contribution in [0.4, 0.5) is 18.9 Å². The van der Waals surface area contributed by atoms with Crippen LogP contribution in [0, 0.1) is 5.92 Å². The molecule has 0 saturated carbocycles. The molecular formula is C17H19F3N2O4. The molecule has 1 saturated heterocycles. The number of rotatable bonds is 3. The number of hydrogen-bond donors (Lipinski definition) is 1. The van der Waals surface area contributed by atoms with Gasteiger partial charge in [-0.2, -0.15) is 13.2 Å². The molecule has 1 aliphatic heterocycles. The fraction of sp³-hybridized carbons (Fsp3) is 0.471. The number of carbonyl (C=O) groups excluding carboxylic acids is 3. The van der Waals surface area contributed by atoms with Crippen molar-refractivity contribution < 1.29 is 32.3 Å². The molecule has 0 aliphatic carbocycles. The first-order valence-electron chi connectivity index (χ1n) is 8.16. The van der Waals surface area contributed by atoms with Crippen LogP contribution in [0.15, 0.2) is 24.3 Å². The lowest BCUT2D eigenvalue weighted by atomic mass is 9.97. The average Bonchev–Trinajstić information content (AvgIpc) is 2.61. The van der Waals surface area contributed by atoms with Crippen molar-refractivity contribution in [1.82, 2.24) is 4.90 Å². The highest BCUT2D eigenvalue weighted by atomic mass is 19.4. The second kappa shape index (κ2) is 8.20. The van der Waals surface area contributed by atoms with Gasteiger partial charge in [-0.25, -0.2) is 0 Å². The topological polar surface area (TPSA) is 75.7 Å². The third kappa shape index (κ3) is 4.96. The number of amides is 2. The maximum absolute atomic E-state index is 12.7. The maximum atomic E-state index is 12.7. The van der Waals surface area contributed by atoms with Gasteiger partial charge < -0.3 is 15.0 Å². The molecule has 26 heavy (non-hydrogen) atoms. The van der Waals surface area contributed by atoms with Crippen LogP contribution in [-0.2, 0) is 25.3 Å². The molecule has 9 heteroatoms. The van der Waals surface area contributed by atoms with E-state index in [9.17, 15) is 27.6 Å². The Hall–Kier alpha value is -2.58. The Kier molecular flexibility index (Phi) is 6.23. The van der Waals surface area contributed by atoms with Crippen LogP contribution in [0.5, 0.6) is 0 Å². The van der Waals surface area contributed by atoms with Crippen LogP contribution in [0.1, 0.15) is 25.3 Å². The smallest absolute Gasteiger partial charge is 0.416 e. The lowest BCUT2D eigenvalue weighted by molar-refractivity contribution is -0.152. The van der Waals surface area contributed by atoms with Gasteiger partial charge in [0.1, 0.15) is 0 Å². The van der Waals surface area contributed by atoms with E-state index >= 15 is 0 Å². The summed E-state index contributed by atoms with van der Waals surface area (Å²) < 4.78 is 43.0. The highest BCUT2D eigenvalue weighted by molar-refractivity contribution is 6.39. The van der Waals surface area contributed by atoms with E-state index in [1.54, 1.807) is 6.92 Å². The van der Waals surface area contributed by atoms with Gasteiger partial charge in [-0.3, -0.25) is 14.4 Å². The molecule has 1 aromatic rings. The normalized spacial score (nSPS) is 15.5. The van der Waals surface area contributed by atoms with Gasteiger partial charge in [0, 0.05) is 18.8 Å². The minimum atomic E-state index is -4.54. The van der Waals surface area contributed by atoms with E-state index in [4.69, 9.17) is 4.74 Å². The van der Waals surface area contributed by atoms with Crippen molar-refractivity contribution in [3.05, 3.63) is 29.8 Å². The molecule has 0 atom stereocenters. The predicted octanol–water partition coefficient (Wildman–Crippen LogP) is 2.45. The molecule has 1 heterocycles. The summed E-state index contributed by atoms with van der Waals surface area (Å²) in [5, 5.41) is 2.18. The third-order valence-corrected chi connectivity index (χ3v) is 4.04. The van der Waals surface area contributed by atoms with E-state index in [0.717, 1.165) is 18.2 Å². The van der Waals surface area contributed by atoms with E-state index in [0.29, 0.717) is 12.8 Å². The van der Waals surface area contributed by atoms with E-state index < -0.39 is 23.6 Å². The van der Waals surface area contributed by atoms with Crippen LogP contribution in [0.25, 0.3) is 0 Å². The standard InChI is InChI=1S/C17H19F3N2O4/c1-2-26-16(25)11-6-8-22(9-7-11)15(24)14(23)21-13-5-3-4-12(10-13)17(18,19)20/h3-5,10-11H,2,6-9H2,1H3,(H,21,23). The first kappa shape index (κ1) is 19.7. The van der Waals surface area contributed by atoms with Gasteiger partial charge >= 0.3 is 24.0 Å². The van der Waals surface area contributed by atoms with Crippen molar-refractivity contribution in [3.63, 3.8) is 0 Å². The van der Waals surface area contributed by atoms with Gasteiger partial charge in [0.15, 0.2) is 0 Å². The summed E-state index contributed by atoms with van der Waals surface area (Å²) in [6, 6.07) is 4.05. The Labute approximate surface area is 148 Å². The Morgan fingerprint density at radius 3 is 2.46 bits per heavy atom. The van der Waals surface area contributed by atoms with Gasteiger partial charge in [-0.05, 0) is 38.0 Å². The average molecular weight is 372 g/mol. The number of hydrogen-bond acceptors (Lipinski definition) is 4. The number of likely N-dealkylation sites (tertiary alicyclic amines) is 1. The van der Waals surface area contributed by atoms with Gasteiger partial charge in [0.05, 0.1) is 18.1 Å². The monoisotopic (exact) mass is 372 g/mol. The number of nitrogens with one attached hydrogen (secondary N) is 1. The van der Waals surface area contributed by atoms with Crippen LogP contribution in [0.3, 0.4) is 0 Å². The molecule has 0 aromatic heterocycles. The van der Waals surface area contributed by atoms with Crippen molar-refractivity contribution in [2.75, 3.05) is 25.0 Å². The van der Waals surface area contributed by atoms with Gasteiger partial charge in [0.2, 0.25) is 0 Å². The second-order valence-corrected chi connectivity index (χ2v) is 5.85. The molecule has 1 fully saturated rings. The van der Waals surface area contributed by atoms with Crippen molar-refractivity contribution in [2.45, 2.75) is 25.9 Å². The molecule has 1 aliphatic rings. The summed E-state index contributed by atoms with van der Waals surface area (Å²) in [6.07, 6.45) is -3.79. The third-order valence-electron chi connectivity index (χ3n) is 4.04. The summed E-state index contributed by atoms with van der Waals surface area (Å²) in [4.78, 5) is 37.1. The van der Waals surface area contributed by atoms with E-state index in [-0.39, 0.29) is 37.3 Å². The lowest BCUT2D eigenvalue weighted by Gasteiger charge is -2.30. The molecule has 142 valence electrons. The number of nitrogens with zero attached hydrogens (tertiary/aromatic N) is 1. The minimum Gasteiger partial charge on any atom is -0.466 e. The minimum absolute atomic E-state index is 0.111. The summed E-state index contributed by atoms with van der Waals surface area (Å²) in [5.41, 5.74) is -1.03. The largest absolute Gasteiger partial charge is 0.466 e. The first-order valence-corrected chi connectivity index (χ1v) is 8.16. The molecule has 0 bridgehead atoms. The number of piperidine rings is 1. The number of anilines is 1. The molecule has 0 radical (unpaired) electrons. The summed E-state index contributed by atoms with van der Waals surface area (Å²) >= 11 is 0. The molecule has 1 aromatic carbocycles. The highest BCUT2D eigenvalue weighted by Gasteiger charge is 2.32. The zero-order chi connectivity index (χ0) is 19.3. The number of esters is 1. The zero-order valence-electron chi connectivity index (χ0n) is 14.1. The summed E-state index contributed by atoms with van der Waals surface area (Å²) in [6.45, 7) is 2.39. The Balaban J connectivity index is 1.93. The zero-order valence-corrected chi connectivity index (χ0v) is 14.1. The molecule has 2 rings (SSSR count). The summed E-state index contributed by atoms with van der Waals surface area (Å²) in [5.74, 6) is -2.50. The van der Waals surface area contributed by atoms with Crippen molar-refractivity contribution in [3.8, 4) is 0 Å². The maximum Gasteiger partial charge on any atom is 0.416 e. The number of alkyl halides is 3. The SMILES string of the molecule is CCOC(=O)C1CCN(C(=O)C(=O)Nc2cccc(C(F)(F)F)c2)CC1. The van der Waals surface area contributed by atoms with Gasteiger partial charge in [-0.15, -0.1) is 0 Å². The van der Waals surface area contributed by atoms with Gasteiger partial charge in [0.25, 0.3) is 0 Å². The fourth-order valence-corrected chi connectivity index (χ4v) is 2.68. The fourth-order valence-electron chi connectivity index (χ4n) is 2.68. The highest BCUT2D eigenvalue weighted by Crippen LogP contribution is 2.30. The van der Waals surface area contributed by atoms with Crippen LogP contribution in [-0.4, -0.2) is 42.4 Å². The molecule has 1 N–H and O–H groups in total. The Morgan fingerprint density at radius 1 is 1.23 bits per heavy atom. The molecular weight excluding hydrogens is 353 g/mol. The number of benzene rings is 1. The summed E-state index contributed by atoms with van der Waals surface area (Å²) in [7, 11) is 0. The van der Waals surface area contributed by atoms with Crippen molar-refractivity contribution in [2.24, 2.45) is 5.92 Å². The molecule has 0 spiro atoms. The first-order chi connectivity index (χ1) is 12.2. The second-order valence-electron chi connectivity index (χ2n) is 5.85. The van der Waals surface area contributed by atoms with E-state index in [1.165, 1.54) is 11.0 Å². The van der Waals surface area contributed by atoms with Crippen LogP contribution >= 0.6 is 0 Å². The Morgan fingerprint density at radius 2 is 1.88 bits per heavy atom. The van der Waals surface area contributed by atoms with E-state index in [2.05, 4.69) is 5.32 Å². The van der Waals surface area contributed by atoms with Crippen LogP contribution in [0.2, 0.25) is 0 Å². The van der Waals surface area contributed by atoms with Crippen molar-refractivity contribution in [1.29, 1.82) is 0 Å². The Bertz CT molecular complexity index is 683. The molecule has 2 amide bonds. The number of ether oxygens (including phenoxy) is 1. The van der Waals surface area contributed by atoms with Crippen LogP contribution < -0.4 is 5.32 Å². The number of carbonyl (C=O) groups is 3.